The molecular weight excluding hydrogens is 658 g/mol. The first-order chi connectivity index (χ1) is 22.8. The van der Waals surface area contributed by atoms with Crippen LogP contribution in [0.1, 0.15) is 39.5 Å². The summed E-state index contributed by atoms with van der Waals surface area (Å²) < 4.78 is 0. The maximum absolute atomic E-state index is 13.1. The van der Waals surface area contributed by atoms with Crippen LogP contribution in [0.25, 0.3) is 0 Å². The normalized spacial score (nSPS) is 15.0. The molecule has 0 aromatic heterocycles. The summed E-state index contributed by atoms with van der Waals surface area (Å²) >= 11 is 0. The average molecular weight is 706 g/mol. The second-order valence-electron chi connectivity index (χ2n) is 10.7. The Labute approximate surface area is 280 Å². The quantitative estimate of drug-likeness (QED) is 0.0267. The summed E-state index contributed by atoms with van der Waals surface area (Å²) in [4.78, 5) is 101. The molecule has 0 rings (SSSR count). The fraction of sp³-hybridized carbons (Fsp3) is 0.654. The number of carboxylic acid groups (broad SMARTS) is 1. The van der Waals surface area contributed by atoms with Gasteiger partial charge in [-0.2, -0.15) is 0 Å². The van der Waals surface area contributed by atoms with Gasteiger partial charge in [0.2, 0.25) is 41.4 Å². The van der Waals surface area contributed by atoms with Gasteiger partial charge in [0, 0.05) is 13.0 Å². The Kier molecular flexibility index (Phi) is 20.1. The molecule has 0 bridgehead atoms. The molecule has 0 aromatic rings. The zero-order valence-electron chi connectivity index (χ0n) is 27.0. The number of nitrogens with two attached hydrogens (primary N) is 4. The largest absolute Gasteiger partial charge is 0.480 e. The highest BCUT2D eigenvalue weighted by atomic mass is 16.4. The van der Waals surface area contributed by atoms with Crippen LogP contribution in [-0.2, 0) is 38.4 Å². The fourth-order valence-corrected chi connectivity index (χ4v) is 3.68. The minimum Gasteiger partial charge on any atom is -0.480 e. The van der Waals surface area contributed by atoms with Gasteiger partial charge in [0.25, 0.3) is 0 Å². The fourth-order valence-electron chi connectivity index (χ4n) is 3.68. The molecule has 0 spiro atoms. The van der Waals surface area contributed by atoms with Gasteiger partial charge < -0.3 is 75.3 Å². The number of aliphatic imine (C=N–C) groups is 1. The number of nitrogens with one attached hydrogen (secondary N) is 6. The zero-order valence-corrected chi connectivity index (χ0v) is 27.0. The number of carbonyl (C=O) groups excluding carboxylic acids is 7. The highest BCUT2D eigenvalue weighted by Gasteiger charge is 2.31. The number of rotatable bonds is 23. The predicted molar refractivity (Wildman–Crippen MR) is 168 cm³/mol. The van der Waals surface area contributed by atoms with Crippen molar-refractivity contribution in [1.82, 2.24) is 31.9 Å². The van der Waals surface area contributed by atoms with E-state index in [1.807, 2.05) is 0 Å². The summed E-state index contributed by atoms with van der Waals surface area (Å²) in [6.45, 7) is -0.148. The van der Waals surface area contributed by atoms with Crippen LogP contribution in [0.2, 0.25) is 0 Å². The number of aliphatic carboxylic acids is 1. The summed E-state index contributed by atoms with van der Waals surface area (Å²) in [5.41, 5.74) is 21.1. The van der Waals surface area contributed by atoms with Gasteiger partial charge in [-0.1, -0.05) is 0 Å². The van der Waals surface area contributed by atoms with E-state index < -0.39 is 109 Å². The van der Waals surface area contributed by atoms with Gasteiger partial charge in [-0.15, -0.1) is 0 Å². The number of hydrogen-bond donors (Lipinski definition) is 14. The number of primary amides is 1. The van der Waals surface area contributed by atoms with E-state index in [1.54, 1.807) is 0 Å². The lowest BCUT2D eigenvalue weighted by atomic mass is 10.1. The van der Waals surface area contributed by atoms with Crippen LogP contribution in [0.4, 0.5) is 0 Å². The number of hydrogen-bond acceptors (Lipinski definition) is 13. The summed E-state index contributed by atoms with van der Waals surface area (Å²) in [7, 11) is 0. The van der Waals surface area contributed by atoms with Crippen molar-refractivity contribution < 1.29 is 58.8 Å². The van der Waals surface area contributed by atoms with Crippen molar-refractivity contribution in [3.8, 4) is 0 Å². The number of guanidine groups is 1. The Hall–Kier alpha value is -5.13. The molecule has 18 N–H and O–H groups in total. The first-order valence-electron chi connectivity index (χ1n) is 14.8. The minimum absolute atomic E-state index is 0.0388. The van der Waals surface area contributed by atoms with Crippen LogP contribution in [0, 0.1) is 0 Å². The summed E-state index contributed by atoms with van der Waals surface area (Å²) in [5.74, 6) is -8.38. The number of carboxylic acids is 1. The molecule has 49 heavy (non-hydrogen) atoms. The van der Waals surface area contributed by atoms with E-state index in [0.717, 1.165) is 0 Å². The molecule has 0 aliphatic heterocycles. The summed E-state index contributed by atoms with van der Waals surface area (Å²) in [5, 5.41) is 51.1. The summed E-state index contributed by atoms with van der Waals surface area (Å²) in [6, 6.07) is -8.86. The molecule has 278 valence electrons. The average Bonchev–Trinajstić information content (AvgIpc) is 3.03. The third kappa shape index (κ3) is 17.6. The Bertz CT molecular complexity index is 1210. The van der Waals surface area contributed by atoms with Gasteiger partial charge in [0.15, 0.2) is 5.96 Å². The smallest absolute Gasteiger partial charge is 0.326 e. The molecule has 23 heteroatoms. The second-order valence-corrected chi connectivity index (χ2v) is 10.7. The molecule has 7 amide bonds. The maximum Gasteiger partial charge on any atom is 0.326 e. The van der Waals surface area contributed by atoms with E-state index in [2.05, 4.69) is 36.9 Å². The lowest BCUT2D eigenvalue weighted by Crippen LogP contribution is -2.60. The number of nitrogens with zero attached hydrogens (tertiary/aromatic N) is 1. The van der Waals surface area contributed by atoms with Crippen LogP contribution >= 0.6 is 0 Å². The first kappa shape index (κ1) is 43.9. The van der Waals surface area contributed by atoms with Gasteiger partial charge in [0.05, 0.1) is 25.9 Å². The molecule has 0 unspecified atom stereocenters. The van der Waals surface area contributed by atoms with E-state index in [1.165, 1.54) is 13.8 Å². The SMILES string of the molecule is C[C@H](NC(=O)[C@H](CCCN=C(N)N)NC(=O)[C@H](CO)NC(=O)[C@@H](N)[C@@H](C)O)C(=O)N[C@@H](CO)C(=O)NCC(=O)N[C@@H](CCC(N)=O)C(=O)O. The lowest BCUT2D eigenvalue weighted by Gasteiger charge is -2.25. The first-order valence-corrected chi connectivity index (χ1v) is 14.8. The number of aliphatic hydroxyl groups is 3. The van der Waals surface area contributed by atoms with E-state index in [4.69, 9.17) is 28.0 Å². The van der Waals surface area contributed by atoms with E-state index >= 15 is 0 Å². The zero-order chi connectivity index (χ0) is 37.8. The van der Waals surface area contributed by atoms with Crippen molar-refractivity contribution in [3.63, 3.8) is 0 Å². The monoisotopic (exact) mass is 705 g/mol. The van der Waals surface area contributed by atoms with Gasteiger partial charge >= 0.3 is 5.97 Å². The molecule has 0 saturated carbocycles. The number of amides is 7. The molecule has 0 heterocycles. The van der Waals surface area contributed by atoms with Crippen molar-refractivity contribution >= 4 is 53.3 Å². The molecule has 0 aliphatic rings. The molecular formula is C26H47N11O12. The van der Waals surface area contributed by atoms with Gasteiger partial charge in [-0.3, -0.25) is 38.6 Å². The van der Waals surface area contributed by atoms with E-state index in [0.29, 0.717) is 0 Å². The highest BCUT2D eigenvalue weighted by molar-refractivity contribution is 5.96. The van der Waals surface area contributed by atoms with Crippen LogP contribution in [0.5, 0.6) is 0 Å². The van der Waals surface area contributed by atoms with Crippen LogP contribution in [0.15, 0.2) is 4.99 Å². The van der Waals surface area contributed by atoms with Gasteiger partial charge in [0.1, 0.15) is 36.3 Å². The Balaban J connectivity index is 5.44. The van der Waals surface area contributed by atoms with Gasteiger partial charge in [-0.25, -0.2) is 4.79 Å². The van der Waals surface area contributed by atoms with Crippen LogP contribution in [-0.4, -0.2) is 142 Å². The van der Waals surface area contributed by atoms with Crippen molar-refractivity contribution in [2.24, 2.45) is 27.9 Å². The molecule has 0 aliphatic carbocycles. The highest BCUT2D eigenvalue weighted by Crippen LogP contribution is 2.02. The van der Waals surface area contributed by atoms with E-state index in [-0.39, 0.29) is 38.2 Å². The van der Waals surface area contributed by atoms with Crippen molar-refractivity contribution in [1.29, 1.82) is 0 Å². The Morgan fingerprint density at radius 1 is 0.694 bits per heavy atom. The Morgan fingerprint density at radius 3 is 1.73 bits per heavy atom. The van der Waals surface area contributed by atoms with E-state index in [9.17, 15) is 53.7 Å². The minimum atomic E-state index is -1.62. The van der Waals surface area contributed by atoms with Crippen molar-refractivity contribution in [2.45, 2.75) is 81.9 Å². The third-order valence-corrected chi connectivity index (χ3v) is 6.52. The van der Waals surface area contributed by atoms with Crippen LogP contribution in [0.3, 0.4) is 0 Å². The molecule has 0 radical (unpaired) electrons. The molecule has 23 nitrogen and oxygen atoms in total. The van der Waals surface area contributed by atoms with Crippen molar-refractivity contribution in [3.05, 3.63) is 0 Å². The molecule has 7 atom stereocenters. The number of aliphatic hydroxyl groups excluding tert-OH is 3. The molecule has 0 aromatic carbocycles. The van der Waals surface area contributed by atoms with Gasteiger partial charge in [-0.05, 0) is 33.1 Å². The molecule has 0 fully saturated rings. The number of carbonyl (C=O) groups is 8. The summed E-state index contributed by atoms with van der Waals surface area (Å²) in [6.07, 6.45) is -1.88. The predicted octanol–water partition coefficient (Wildman–Crippen LogP) is -8.36. The third-order valence-electron chi connectivity index (χ3n) is 6.52. The molecule has 0 saturated heterocycles. The maximum atomic E-state index is 13.1. The van der Waals surface area contributed by atoms with Crippen LogP contribution < -0.4 is 54.8 Å². The second kappa shape index (κ2) is 22.4. The standard InChI is InChI=1S/C26H47N11O12/c1-11(20(43)36-15(9-38)21(44)32-8-18(42)34-14(25(48)49)5-6-17(27)41)33-22(45)13(4-3-7-31-26(29)30)35-23(46)16(10-39)37-24(47)19(28)12(2)40/h11-16,19,38-40H,3-10,28H2,1-2H3,(H2,27,41)(H,32,44)(H,33,45)(H,34,42)(H,35,46)(H,36,43)(H,37,47)(H,48,49)(H4,29,30,31)/t11-,12+,13-,14-,15-,16-,19-/m0/s1. The topological polar surface area (TPSA) is 406 Å². The van der Waals surface area contributed by atoms with Crippen molar-refractivity contribution in [2.75, 3.05) is 26.3 Å². The Morgan fingerprint density at radius 2 is 1.22 bits per heavy atom. The lowest BCUT2D eigenvalue weighted by molar-refractivity contribution is -0.142.